The molecule has 0 saturated heterocycles. The third kappa shape index (κ3) is 8.31. The smallest absolute Gasteiger partial charge is 0.341 e. The van der Waals surface area contributed by atoms with Crippen LogP contribution >= 0.6 is 35.3 Å². The van der Waals surface area contributed by atoms with Crippen LogP contribution in [0.5, 0.6) is 5.75 Å². The summed E-state index contributed by atoms with van der Waals surface area (Å²) >= 11 is 9.58. The maximum absolute atomic E-state index is 10.7. The van der Waals surface area contributed by atoms with Crippen molar-refractivity contribution in [2.24, 2.45) is 0 Å². The van der Waals surface area contributed by atoms with Crippen molar-refractivity contribution in [3.8, 4) is 16.9 Å². The Morgan fingerprint density at radius 3 is 2.21 bits per heavy atom. The Bertz CT molecular complexity index is 1040. The number of aliphatic carboxylic acids is 1. The van der Waals surface area contributed by atoms with Gasteiger partial charge in [-0.1, -0.05) is 42.8 Å². The summed E-state index contributed by atoms with van der Waals surface area (Å²) in [5, 5.41) is 9.52. The van der Waals surface area contributed by atoms with Gasteiger partial charge in [-0.25, -0.2) is 9.10 Å². The van der Waals surface area contributed by atoms with E-state index in [9.17, 15) is 4.79 Å². The minimum absolute atomic E-state index is 0.322. The number of carbonyl (C=O) groups is 1. The van der Waals surface area contributed by atoms with Crippen molar-refractivity contribution in [3.63, 3.8) is 0 Å². The molecule has 0 aliphatic heterocycles. The van der Waals surface area contributed by atoms with Crippen molar-refractivity contribution < 1.29 is 14.6 Å². The van der Waals surface area contributed by atoms with E-state index in [0.717, 1.165) is 46.3 Å². The lowest BCUT2D eigenvalue weighted by molar-refractivity contribution is -0.139. The SMILES string of the molecule is CCCN(CCSc1ccc(OCC(=O)O)c(C)c1)Sc1ccc(-c2ccc(Cl)cc2)cc1. The van der Waals surface area contributed by atoms with Crippen molar-refractivity contribution in [1.29, 1.82) is 0 Å². The number of nitrogens with zero attached hydrogens (tertiary/aromatic N) is 1. The number of hydrogen-bond donors (Lipinski definition) is 1. The van der Waals surface area contributed by atoms with Gasteiger partial charge < -0.3 is 9.84 Å². The Morgan fingerprint density at radius 1 is 0.970 bits per heavy atom. The number of rotatable bonds is 12. The van der Waals surface area contributed by atoms with Crippen molar-refractivity contribution in [3.05, 3.63) is 77.3 Å². The summed E-state index contributed by atoms with van der Waals surface area (Å²) in [7, 11) is 0. The van der Waals surface area contributed by atoms with Gasteiger partial charge in [-0.2, -0.15) is 0 Å². The normalized spacial score (nSPS) is 11.0. The van der Waals surface area contributed by atoms with Gasteiger partial charge in [0.25, 0.3) is 0 Å². The van der Waals surface area contributed by atoms with Crippen molar-refractivity contribution in [1.82, 2.24) is 4.31 Å². The van der Waals surface area contributed by atoms with Crippen molar-refractivity contribution in [2.75, 3.05) is 25.4 Å². The van der Waals surface area contributed by atoms with E-state index in [4.69, 9.17) is 21.4 Å². The molecule has 3 aromatic carbocycles. The van der Waals surface area contributed by atoms with Crippen LogP contribution in [0.4, 0.5) is 0 Å². The topological polar surface area (TPSA) is 49.8 Å². The van der Waals surface area contributed by atoms with Gasteiger partial charge in [0.05, 0.1) is 0 Å². The lowest BCUT2D eigenvalue weighted by Crippen LogP contribution is -2.19. The number of aryl methyl sites for hydroxylation is 1. The number of halogens is 1. The highest BCUT2D eigenvalue weighted by molar-refractivity contribution is 7.99. The first-order chi connectivity index (χ1) is 15.9. The number of benzene rings is 3. The molecule has 174 valence electrons. The van der Waals surface area contributed by atoms with Crippen LogP contribution in [0.1, 0.15) is 18.9 Å². The Labute approximate surface area is 209 Å². The number of thioether (sulfide) groups is 1. The molecule has 0 heterocycles. The van der Waals surface area contributed by atoms with Crippen LogP contribution in [0.2, 0.25) is 5.02 Å². The summed E-state index contributed by atoms with van der Waals surface area (Å²) in [6, 6.07) is 22.4. The Balaban J connectivity index is 1.53. The monoisotopic (exact) mass is 501 g/mol. The summed E-state index contributed by atoms with van der Waals surface area (Å²) < 4.78 is 7.71. The van der Waals surface area contributed by atoms with Crippen LogP contribution in [0.15, 0.2) is 76.5 Å². The van der Waals surface area contributed by atoms with E-state index in [1.807, 2.05) is 43.3 Å². The summed E-state index contributed by atoms with van der Waals surface area (Å²) in [5.74, 6) is 0.609. The van der Waals surface area contributed by atoms with E-state index >= 15 is 0 Å². The molecule has 0 aliphatic rings. The zero-order chi connectivity index (χ0) is 23.6. The predicted octanol–water partition coefficient (Wildman–Crippen LogP) is 7.29. The molecule has 0 unspecified atom stereocenters. The summed E-state index contributed by atoms with van der Waals surface area (Å²) in [4.78, 5) is 13.1. The molecule has 7 heteroatoms. The van der Waals surface area contributed by atoms with Crippen LogP contribution in [0, 0.1) is 6.92 Å². The first-order valence-corrected chi connectivity index (χ1v) is 12.9. The van der Waals surface area contributed by atoms with Gasteiger partial charge in [0.1, 0.15) is 5.75 Å². The van der Waals surface area contributed by atoms with Crippen LogP contribution in [-0.2, 0) is 4.79 Å². The molecule has 33 heavy (non-hydrogen) atoms. The predicted molar refractivity (Wildman–Crippen MR) is 140 cm³/mol. The average molecular weight is 502 g/mol. The quantitative estimate of drug-likeness (QED) is 0.208. The molecule has 4 nitrogen and oxygen atoms in total. The van der Waals surface area contributed by atoms with Gasteiger partial charge in [0, 0.05) is 33.7 Å². The van der Waals surface area contributed by atoms with E-state index in [-0.39, 0.29) is 6.61 Å². The molecule has 0 bridgehead atoms. The molecule has 0 fully saturated rings. The van der Waals surface area contributed by atoms with Crippen molar-refractivity contribution in [2.45, 2.75) is 30.1 Å². The number of carboxylic acids is 1. The fourth-order valence-electron chi connectivity index (χ4n) is 3.23. The Morgan fingerprint density at radius 2 is 1.61 bits per heavy atom. The molecule has 3 aromatic rings. The summed E-state index contributed by atoms with van der Waals surface area (Å²) in [6.45, 7) is 5.79. The molecule has 0 radical (unpaired) electrons. The molecule has 0 aliphatic carbocycles. The second kappa shape index (κ2) is 12.9. The third-order valence-electron chi connectivity index (χ3n) is 4.85. The fraction of sp³-hybridized carbons (Fsp3) is 0.269. The molecule has 3 rings (SSSR count). The Kier molecular flexibility index (Phi) is 10.0. The van der Waals surface area contributed by atoms with E-state index in [1.165, 1.54) is 10.5 Å². The molecule has 0 spiro atoms. The van der Waals surface area contributed by atoms with Crippen LogP contribution in [0.3, 0.4) is 0 Å². The van der Waals surface area contributed by atoms with E-state index in [0.29, 0.717) is 5.75 Å². The van der Waals surface area contributed by atoms with Gasteiger partial charge in [0.15, 0.2) is 6.61 Å². The zero-order valence-electron chi connectivity index (χ0n) is 18.8. The first-order valence-electron chi connectivity index (χ1n) is 10.8. The third-order valence-corrected chi connectivity index (χ3v) is 7.18. The van der Waals surface area contributed by atoms with Gasteiger partial charge in [0.2, 0.25) is 0 Å². The van der Waals surface area contributed by atoms with Crippen LogP contribution in [0.25, 0.3) is 11.1 Å². The molecular formula is C26H28ClNO3S2. The van der Waals surface area contributed by atoms with E-state index < -0.39 is 5.97 Å². The highest BCUT2D eigenvalue weighted by Gasteiger charge is 2.09. The van der Waals surface area contributed by atoms with Crippen molar-refractivity contribution >= 4 is 41.3 Å². The molecule has 1 N–H and O–H groups in total. The average Bonchev–Trinajstić information content (AvgIpc) is 2.79. The maximum atomic E-state index is 10.7. The highest BCUT2D eigenvalue weighted by atomic mass is 35.5. The summed E-state index contributed by atoms with van der Waals surface area (Å²) in [6.07, 6.45) is 1.09. The largest absolute Gasteiger partial charge is 0.482 e. The lowest BCUT2D eigenvalue weighted by atomic mass is 10.1. The first kappa shape index (κ1) is 25.5. The van der Waals surface area contributed by atoms with Gasteiger partial charge in [-0.15, -0.1) is 11.8 Å². The van der Waals surface area contributed by atoms with Gasteiger partial charge in [-0.3, -0.25) is 0 Å². The van der Waals surface area contributed by atoms with E-state index in [2.05, 4.69) is 41.6 Å². The standard InChI is InChI=1S/C26H28ClNO3S2/c1-3-14-28(15-16-32-24-12-13-25(19(2)17-24)31-18-26(29)30)33-23-10-6-21(7-11-23)20-4-8-22(27)9-5-20/h4-13,17H,3,14-16,18H2,1-2H3,(H,29,30). The van der Waals surface area contributed by atoms with Gasteiger partial charge in [-0.05, 0) is 84.4 Å². The maximum Gasteiger partial charge on any atom is 0.341 e. The number of carboxylic acid groups (broad SMARTS) is 1. The second-order valence-corrected chi connectivity index (χ2v) is 10.3. The molecule has 0 atom stereocenters. The Hall–Kier alpha value is -2.12. The van der Waals surface area contributed by atoms with Gasteiger partial charge >= 0.3 is 5.97 Å². The number of ether oxygens (including phenoxy) is 1. The minimum atomic E-state index is -0.971. The molecular weight excluding hydrogens is 474 g/mol. The van der Waals surface area contributed by atoms with Crippen LogP contribution in [-0.4, -0.2) is 40.8 Å². The highest BCUT2D eigenvalue weighted by Crippen LogP contribution is 2.29. The minimum Gasteiger partial charge on any atom is -0.482 e. The van der Waals surface area contributed by atoms with E-state index in [1.54, 1.807) is 23.7 Å². The number of hydrogen-bond acceptors (Lipinski definition) is 5. The summed E-state index contributed by atoms with van der Waals surface area (Å²) in [5.41, 5.74) is 3.29. The molecule has 0 saturated carbocycles. The molecule has 0 aromatic heterocycles. The zero-order valence-corrected chi connectivity index (χ0v) is 21.2. The van der Waals surface area contributed by atoms with Crippen LogP contribution < -0.4 is 4.74 Å². The lowest BCUT2D eigenvalue weighted by Gasteiger charge is -2.20. The fourth-order valence-corrected chi connectivity index (χ4v) is 5.46. The molecule has 0 amide bonds. The second-order valence-electron chi connectivity index (χ2n) is 7.51.